The molecule has 0 unspecified atom stereocenters. The number of imidazole rings is 1. The molecule has 1 aromatic heterocycles. The van der Waals surface area contributed by atoms with Gasteiger partial charge in [0.1, 0.15) is 12.4 Å². The predicted octanol–water partition coefficient (Wildman–Crippen LogP) is 4.90. The number of ether oxygens (including phenoxy) is 1. The zero-order valence-corrected chi connectivity index (χ0v) is 20.9. The highest BCUT2D eigenvalue weighted by molar-refractivity contribution is 5.78. The number of aromatic nitrogens is 2. The Bertz CT molecular complexity index is 1030. The first-order chi connectivity index (χ1) is 16.3. The Hall–Kier alpha value is -2.96. The van der Waals surface area contributed by atoms with Crippen LogP contribution in [0, 0.1) is 5.41 Å². The Kier molecular flexibility index (Phi) is 9.02. The summed E-state index contributed by atoms with van der Waals surface area (Å²) < 4.78 is 7.70. The van der Waals surface area contributed by atoms with Crippen molar-refractivity contribution in [3.05, 3.63) is 78.2 Å². The monoisotopic (exact) mass is 462 g/mol. The summed E-state index contributed by atoms with van der Waals surface area (Å²) in [6.07, 6.45) is 2.82. The molecule has 0 fully saturated rings. The van der Waals surface area contributed by atoms with Gasteiger partial charge in [0.25, 0.3) is 0 Å². The summed E-state index contributed by atoms with van der Waals surface area (Å²) in [5.74, 6) is 0.836. The predicted molar refractivity (Wildman–Crippen MR) is 137 cm³/mol. The molecule has 6 nitrogen and oxygen atoms in total. The van der Waals surface area contributed by atoms with Gasteiger partial charge in [-0.15, -0.1) is 0 Å². The second-order valence-electron chi connectivity index (χ2n) is 9.60. The summed E-state index contributed by atoms with van der Waals surface area (Å²) in [7, 11) is 0. The Labute approximate surface area is 203 Å². The lowest BCUT2D eigenvalue weighted by Crippen LogP contribution is -2.45. The minimum atomic E-state index is -0.260. The van der Waals surface area contributed by atoms with Crippen LogP contribution in [0.1, 0.15) is 51.5 Å². The zero-order valence-electron chi connectivity index (χ0n) is 20.9. The first-order valence-electron chi connectivity index (χ1n) is 12.1. The molecule has 0 aliphatic heterocycles. The number of nitrogens with zero attached hydrogens (tertiary/aromatic N) is 3. The molecule has 0 saturated heterocycles. The molecule has 0 aliphatic rings. The van der Waals surface area contributed by atoms with E-state index in [-0.39, 0.29) is 24.0 Å². The summed E-state index contributed by atoms with van der Waals surface area (Å²) in [6, 6.07) is 20.3. The molecule has 6 heteroatoms. The Morgan fingerprint density at radius 3 is 2.32 bits per heavy atom. The molecule has 0 bridgehead atoms. The number of rotatable bonds is 11. The van der Waals surface area contributed by atoms with E-state index in [2.05, 4.69) is 55.8 Å². The summed E-state index contributed by atoms with van der Waals surface area (Å²) in [6.45, 7) is 10.7. The molecule has 1 amide bonds. The second kappa shape index (κ2) is 12.0. The van der Waals surface area contributed by atoms with Crippen LogP contribution in [0.4, 0.5) is 0 Å². The third-order valence-electron chi connectivity index (χ3n) is 5.80. The molecule has 1 heterocycles. The molecular formula is C28H38N4O2. The molecule has 182 valence electrons. The maximum absolute atomic E-state index is 13.3. The Balaban J connectivity index is 2.12. The maximum Gasteiger partial charge on any atom is 0.249 e. The van der Waals surface area contributed by atoms with Crippen LogP contribution >= 0.6 is 0 Å². The van der Waals surface area contributed by atoms with Crippen molar-refractivity contribution >= 4 is 5.91 Å². The largest absolute Gasteiger partial charge is 0.372 e. The number of nitrogens with two attached hydrogens (primary N) is 1. The van der Waals surface area contributed by atoms with Crippen LogP contribution in [-0.4, -0.2) is 46.7 Å². The number of amides is 1. The molecule has 0 radical (unpaired) electrons. The SMILES string of the molecule is CCOCC(=O)N(CCCN)[C@@H](c1nc(-c2ccccc2)cn1Cc1ccccc1)C(C)(C)C. The van der Waals surface area contributed by atoms with Crippen LogP contribution in [0.3, 0.4) is 0 Å². The number of carbonyl (C=O) groups excluding carboxylic acids is 1. The van der Waals surface area contributed by atoms with E-state index in [9.17, 15) is 4.79 Å². The summed E-state index contributed by atoms with van der Waals surface area (Å²) in [5.41, 5.74) is 8.72. The molecule has 3 aromatic rings. The molecule has 0 spiro atoms. The van der Waals surface area contributed by atoms with Crippen LogP contribution in [-0.2, 0) is 16.1 Å². The van der Waals surface area contributed by atoms with Crippen LogP contribution in [0.25, 0.3) is 11.3 Å². The van der Waals surface area contributed by atoms with E-state index in [1.807, 2.05) is 48.2 Å². The smallest absolute Gasteiger partial charge is 0.249 e. The molecule has 0 aliphatic carbocycles. The maximum atomic E-state index is 13.3. The molecular weight excluding hydrogens is 424 g/mol. The summed E-state index contributed by atoms with van der Waals surface area (Å²) in [5, 5.41) is 0. The van der Waals surface area contributed by atoms with Gasteiger partial charge in [-0.25, -0.2) is 4.98 Å². The van der Waals surface area contributed by atoms with Crippen LogP contribution < -0.4 is 5.73 Å². The molecule has 2 N–H and O–H groups in total. The van der Waals surface area contributed by atoms with Gasteiger partial charge in [0.15, 0.2) is 0 Å². The minimum Gasteiger partial charge on any atom is -0.372 e. The topological polar surface area (TPSA) is 73.4 Å². The Morgan fingerprint density at radius 2 is 1.74 bits per heavy atom. The molecule has 34 heavy (non-hydrogen) atoms. The van der Waals surface area contributed by atoms with Gasteiger partial charge in [-0.1, -0.05) is 81.4 Å². The summed E-state index contributed by atoms with van der Waals surface area (Å²) in [4.78, 5) is 20.4. The van der Waals surface area contributed by atoms with Crippen molar-refractivity contribution in [1.82, 2.24) is 14.5 Å². The van der Waals surface area contributed by atoms with Gasteiger partial charge in [0.2, 0.25) is 5.91 Å². The fourth-order valence-corrected chi connectivity index (χ4v) is 4.23. The lowest BCUT2D eigenvalue weighted by Gasteiger charge is -2.40. The second-order valence-corrected chi connectivity index (χ2v) is 9.60. The van der Waals surface area contributed by atoms with E-state index >= 15 is 0 Å². The first kappa shape index (κ1) is 25.7. The lowest BCUT2D eigenvalue weighted by atomic mass is 9.84. The number of hydrogen-bond donors (Lipinski definition) is 1. The van der Waals surface area contributed by atoms with Crippen LogP contribution in [0.5, 0.6) is 0 Å². The molecule has 3 rings (SSSR count). The van der Waals surface area contributed by atoms with Gasteiger partial charge in [0.05, 0.1) is 11.7 Å². The van der Waals surface area contributed by atoms with Gasteiger partial charge in [0, 0.05) is 31.5 Å². The number of hydrogen-bond acceptors (Lipinski definition) is 4. The van der Waals surface area contributed by atoms with Gasteiger partial charge in [-0.3, -0.25) is 4.79 Å². The van der Waals surface area contributed by atoms with Crippen molar-refractivity contribution in [1.29, 1.82) is 0 Å². The average Bonchev–Trinajstić information content (AvgIpc) is 3.23. The van der Waals surface area contributed by atoms with E-state index in [0.29, 0.717) is 26.2 Å². The van der Waals surface area contributed by atoms with Crippen molar-refractivity contribution in [2.75, 3.05) is 26.3 Å². The van der Waals surface area contributed by atoms with E-state index < -0.39 is 0 Å². The van der Waals surface area contributed by atoms with Crippen LogP contribution in [0.2, 0.25) is 0 Å². The van der Waals surface area contributed by atoms with Crippen molar-refractivity contribution in [3.63, 3.8) is 0 Å². The van der Waals surface area contributed by atoms with Crippen LogP contribution in [0.15, 0.2) is 66.9 Å². The fourth-order valence-electron chi connectivity index (χ4n) is 4.23. The third-order valence-corrected chi connectivity index (χ3v) is 5.80. The highest BCUT2D eigenvalue weighted by Crippen LogP contribution is 2.39. The van der Waals surface area contributed by atoms with Gasteiger partial charge in [-0.05, 0) is 30.9 Å². The van der Waals surface area contributed by atoms with Gasteiger partial charge in [-0.2, -0.15) is 0 Å². The van der Waals surface area contributed by atoms with Crippen molar-refractivity contribution in [2.45, 2.75) is 46.7 Å². The quantitative estimate of drug-likeness (QED) is 0.440. The lowest BCUT2D eigenvalue weighted by molar-refractivity contribution is -0.141. The fraction of sp³-hybridized carbons (Fsp3) is 0.429. The number of benzene rings is 2. The molecule has 2 aromatic carbocycles. The van der Waals surface area contributed by atoms with Crippen molar-refractivity contribution < 1.29 is 9.53 Å². The Morgan fingerprint density at radius 1 is 1.09 bits per heavy atom. The highest BCUT2D eigenvalue weighted by Gasteiger charge is 2.38. The average molecular weight is 463 g/mol. The van der Waals surface area contributed by atoms with E-state index in [0.717, 1.165) is 23.5 Å². The molecule has 1 atom stereocenters. The van der Waals surface area contributed by atoms with Crippen molar-refractivity contribution in [3.8, 4) is 11.3 Å². The highest BCUT2D eigenvalue weighted by atomic mass is 16.5. The van der Waals surface area contributed by atoms with E-state index in [4.69, 9.17) is 15.5 Å². The van der Waals surface area contributed by atoms with Gasteiger partial charge >= 0.3 is 0 Å². The summed E-state index contributed by atoms with van der Waals surface area (Å²) >= 11 is 0. The minimum absolute atomic E-state index is 0.0363. The van der Waals surface area contributed by atoms with E-state index in [1.165, 1.54) is 5.56 Å². The zero-order chi connectivity index (χ0) is 24.6. The van der Waals surface area contributed by atoms with Gasteiger partial charge < -0.3 is 19.9 Å². The third kappa shape index (κ3) is 6.55. The standard InChI is InChI=1S/C28H38N4O2/c1-5-34-21-25(33)32(18-12-17-29)26(28(2,3)4)27-30-24(23-15-10-7-11-16-23)20-31(27)19-22-13-8-6-9-14-22/h6-11,13-16,20,26H,5,12,17-19,21,29H2,1-4H3/t26-/m0/s1. The normalized spacial score (nSPS) is 12.5. The van der Waals surface area contributed by atoms with E-state index in [1.54, 1.807) is 0 Å². The molecule has 0 saturated carbocycles. The first-order valence-corrected chi connectivity index (χ1v) is 12.1. The van der Waals surface area contributed by atoms with Crippen molar-refractivity contribution in [2.24, 2.45) is 11.1 Å². The number of carbonyl (C=O) groups is 1.